The summed E-state index contributed by atoms with van der Waals surface area (Å²) in [6.45, 7) is 0.607. The van der Waals surface area contributed by atoms with Gasteiger partial charge in [-0.25, -0.2) is 0 Å². The Morgan fingerprint density at radius 2 is 1.86 bits per heavy atom. The maximum atomic E-state index is 13.3. The fraction of sp³-hybridized carbons (Fsp3) is 0.458. The highest BCUT2D eigenvalue weighted by atomic mass is 16.5. The molecule has 0 radical (unpaired) electrons. The number of ether oxygens (including phenoxy) is 1. The summed E-state index contributed by atoms with van der Waals surface area (Å²) in [5, 5.41) is 11.4. The lowest BCUT2D eigenvalue weighted by molar-refractivity contribution is -0.154. The average molecular weight is 380 g/mol. The molecule has 1 heterocycles. The van der Waals surface area contributed by atoms with Crippen molar-refractivity contribution in [1.82, 2.24) is 4.90 Å². The number of methoxy groups -OCH3 is 1. The number of carbonyl (C=O) groups is 1. The number of fused-ring (bicyclic) bond motifs is 1. The zero-order valence-corrected chi connectivity index (χ0v) is 16.5. The molecule has 1 amide bonds. The fourth-order valence-corrected chi connectivity index (χ4v) is 5.05. The average Bonchev–Trinajstić information content (AvgIpc) is 2.73. The van der Waals surface area contributed by atoms with Gasteiger partial charge in [-0.15, -0.1) is 0 Å². The van der Waals surface area contributed by atoms with E-state index >= 15 is 0 Å². The molecule has 1 saturated heterocycles. The van der Waals surface area contributed by atoms with E-state index in [1.165, 1.54) is 0 Å². The number of hydrogen-bond donors (Lipinski definition) is 1. The van der Waals surface area contributed by atoms with Crippen LogP contribution in [0.15, 0.2) is 54.6 Å². The van der Waals surface area contributed by atoms with Crippen LogP contribution in [-0.4, -0.2) is 35.2 Å². The second-order valence-electron chi connectivity index (χ2n) is 8.17. The molecular formula is C24H29NO3. The monoisotopic (exact) mass is 379 g/mol. The van der Waals surface area contributed by atoms with Crippen LogP contribution in [0.3, 0.4) is 0 Å². The van der Waals surface area contributed by atoms with E-state index in [0.29, 0.717) is 19.4 Å². The first-order chi connectivity index (χ1) is 13.6. The van der Waals surface area contributed by atoms with E-state index < -0.39 is 5.60 Å². The zero-order valence-electron chi connectivity index (χ0n) is 16.5. The van der Waals surface area contributed by atoms with E-state index in [1.807, 2.05) is 59.5 Å². The molecule has 2 aromatic rings. The predicted octanol–water partition coefficient (Wildman–Crippen LogP) is 4.13. The third kappa shape index (κ3) is 3.66. The van der Waals surface area contributed by atoms with Crippen molar-refractivity contribution in [2.45, 2.75) is 50.2 Å². The van der Waals surface area contributed by atoms with Crippen molar-refractivity contribution in [3.63, 3.8) is 0 Å². The molecule has 4 heteroatoms. The smallest absolute Gasteiger partial charge is 0.227 e. The predicted molar refractivity (Wildman–Crippen MR) is 109 cm³/mol. The molecule has 4 rings (SSSR count). The largest absolute Gasteiger partial charge is 0.497 e. The van der Waals surface area contributed by atoms with Crippen LogP contribution in [0.25, 0.3) is 0 Å². The highest BCUT2D eigenvalue weighted by molar-refractivity contribution is 5.79. The number of likely N-dealkylation sites (tertiary alicyclic amines) is 1. The van der Waals surface area contributed by atoms with Gasteiger partial charge in [-0.05, 0) is 42.5 Å². The lowest BCUT2D eigenvalue weighted by Gasteiger charge is -2.52. The normalized spacial score (nSPS) is 27.1. The van der Waals surface area contributed by atoms with Gasteiger partial charge in [-0.3, -0.25) is 4.79 Å². The van der Waals surface area contributed by atoms with Crippen LogP contribution in [0.2, 0.25) is 0 Å². The summed E-state index contributed by atoms with van der Waals surface area (Å²) in [6.07, 6.45) is 5.05. The highest BCUT2D eigenvalue weighted by Gasteiger charge is 2.50. The summed E-state index contributed by atoms with van der Waals surface area (Å²) in [5.74, 6) is 1.03. The van der Waals surface area contributed by atoms with E-state index in [4.69, 9.17) is 4.74 Å². The Hall–Kier alpha value is -2.33. The van der Waals surface area contributed by atoms with E-state index in [9.17, 15) is 9.90 Å². The molecule has 0 aromatic heterocycles. The first-order valence-corrected chi connectivity index (χ1v) is 10.3. The number of nitrogens with zero attached hydrogens (tertiary/aromatic N) is 1. The Morgan fingerprint density at radius 3 is 2.57 bits per heavy atom. The molecule has 28 heavy (non-hydrogen) atoms. The molecule has 2 aliphatic rings. The quantitative estimate of drug-likeness (QED) is 0.869. The van der Waals surface area contributed by atoms with Crippen molar-refractivity contribution in [2.24, 2.45) is 5.92 Å². The van der Waals surface area contributed by atoms with Gasteiger partial charge in [0.05, 0.1) is 25.2 Å². The molecule has 4 nitrogen and oxygen atoms in total. The maximum absolute atomic E-state index is 13.3. The van der Waals surface area contributed by atoms with Crippen LogP contribution in [0.1, 0.15) is 49.3 Å². The van der Waals surface area contributed by atoms with Crippen LogP contribution in [-0.2, 0) is 11.2 Å². The molecule has 1 unspecified atom stereocenters. The molecule has 0 bridgehead atoms. The summed E-state index contributed by atoms with van der Waals surface area (Å²) in [7, 11) is 1.66. The molecule has 1 aliphatic heterocycles. The molecule has 1 N–H and O–H groups in total. The second-order valence-corrected chi connectivity index (χ2v) is 8.17. The minimum Gasteiger partial charge on any atom is -0.497 e. The van der Waals surface area contributed by atoms with E-state index in [-0.39, 0.29) is 17.9 Å². The number of amides is 1. The number of hydrogen-bond acceptors (Lipinski definition) is 3. The van der Waals surface area contributed by atoms with Crippen molar-refractivity contribution >= 4 is 5.91 Å². The number of rotatable bonds is 4. The SMILES string of the molecule is COc1ccc(C2[C@@H]3CCCC[C@]3(O)CCN2C(=O)Cc2ccccc2)cc1. The lowest BCUT2D eigenvalue weighted by atomic mass is 9.66. The Bertz CT molecular complexity index is 804. The number of benzene rings is 2. The topological polar surface area (TPSA) is 49.8 Å². The van der Waals surface area contributed by atoms with Gasteiger partial charge < -0.3 is 14.7 Å². The second kappa shape index (κ2) is 7.96. The van der Waals surface area contributed by atoms with Crippen LogP contribution in [0, 0.1) is 5.92 Å². The van der Waals surface area contributed by atoms with Crippen molar-refractivity contribution < 1.29 is 14.6 Å². The minimum absolute atomic E-state index is 0.0823. The standard InChI is InChI=1S/C24H29NO3/c1-28-20-12-10-19(11-13-20)23-21-9-5-6-14-24(21,27)15-16-25(23)22(26)17-18-7-3-2-4-8-18/h2-4,7-8,10-13,21,23,27H,5-6,9,14-17H2,1H3/t21-,23?,24-/m0/s1. The molecule has 2 aromatic carbocycles. The lowest BCUT2D eigenvalue weighted by Crippen LogP contribution is -2.56. The molecule has 3 atom stereocenters. The van der Waals surface area contributed by atoms with Crippen molar-refractivity contribution in [2.75, 3.05) is 13.7 Å². The van der Waals surface area contributed by atoms with Crippen LogP contribution in [0.4, 0.5) is 0 Å². The zero-order chi connectivity index (χ0) is 19.6. The van der Waals surface area contributed by atoms with Crippen molar-refractivity contribution in [3.8, 4) is 5.75 Å². The fourth-order valence-electron chi connectivity index (χ4n) is 5.05. The first kappa shape index (κ1) is 19.0. The maximum Gasteiger partial charge on any atom is 0.227 e. The van der Waals surface area contributed by atoms with E-state index in [2.05, 4.69) is 0 Å². The third-order valence-electron chi connectivity index (χ3n) is 6.54. The summed E-state index contributed by atoms with van der Waals surface area (Å²) < 4.78 is 5.31. The van der Waals surface area contributed by atoms with Crippen LogP contribution in [0.5, 0.6) is 5.75 Å². The molecule has 2 fully saturated rings. The van der Waals surface area contributed by atoms with Gasteiger partial charge in [0.2, 0.25) is 5.91 Å². The molecule has 1 saturated carbocycles. The van der Waals surface area contributed by atoms with Gasteiger partial charge in [0.25, 0.3) is 0 Å². The first-order valence-electron chi connectivity index (χ1n) is 10.3. The molecule has 0 spiro atoms. The third-order valence-corrected chi connectivity index (χ3v) is 6.54. The molecule has 148 valence electrons. The Balaban J connectivity index is 1.66. The van der Waals surface area contributed by atoms with Gasteiger partial charge in [0.15, 0.2) is 0 Å². The molecular weight excluding hydrogens is 350 g/mol. The summed E-state index contributed by atoms with van der Waals surface area (Å²) >= 11 is 0. The van der Waals surface area contributed by atoms with Crippen LogP contribution >= 0.6 is 0 Å². The minimum atomic E-state index is -0.660. The Kier molecular flexibility index (Phi) is 5.40. The van der Waals surface area contributed by atoms with Gasteiger partial charge in [0, 0.05) is 12.5 Å². The summed E-state index contributed by atoms with van der Waals surface area (Å²) in [6, 6.07) is 17.8. The van der Waals surface area contributed by atoms with Gasteiger partial charge in [0.1, 0.15) is 5.75 Å². The van der Waals surface area contributed by atoms with E-state index in [1.54, 1.807) is 7.11 Å². The summed E-state index contributed by atoms with van der Waals surface area (Å²) in [4.78, 5) is 15.3. The number of aliphatic hydroxyl groups is 1. The van der Waals surface area contributed by atoms with Crippen LogP contribution < -0.4 is 4.74 Å². The van der Waals surface area contributed by atoms with E-state index in [0.717, 1.165) is 42.6 Å². The van der Waals surface area contributed by atoms with Crippen molar-refractivity contribution in [3.05, 3.63) is 65.7 Å². The Labute approximate surface area is 167 Å². The highest BCUT2D eigenvalue weighted by Crippen LogP contribution is 2.49. The number of piperidine rings is 1. The van der Waals surface area contributed by atoms with Gasteiger partial charge in [-0.2, -0.15) is 0 Å². The van der Waals surface area contributed by atoms with Gasteiger partial charge in [-0.1, -0.05) is 55.3 Å². The molecule has 1 aliphatic carbocycles. The Morgan fingerprint density at radius 1 is 1.11 bits per heavy atom. The van der Waals surface area contributed by atoms with Crippen molar-refractivity contribution in [1.29, 1.82) is 0 Å². The summed E-state index contributed by atoms with van der Waals surface area (Å²) in [5.41, 5.74) is 1.46. The van der Waals surface area contributed by atoms with Gasteiger partial charge >= 0.3 is 0 Å². The number of carbonyl (C=O) groups excluding carboxylic acids is 1.